The summed E-state index contributed by atoms with van der Waals surface area (Å²) in [4.78, 5) is 60.4. The first-order valence-corrected chi connectivity index (χ1v) is 16.3. The number of halogens is 1. The van der Waals surface area contributed by atoms with Gasteiger partial charge in [0.1, 0.15) is 0 Å². The maximum Gasteiger partial charge on any atom is 0.339 e. The molecule has 3 aromatic carbocycles. The molecule has 0 spiro atoms. The first-order chi connectivity index (χ1) is 22.3. The Balaban J connectivity index is 1.10. The first-order valence-electron chi connectivity index (χ1n) is 15.9. The largest absolute Gasteiger partial charge is 0.450 e. The molecule has 7 unspecified atom stereocenters. The van der Waals surface area contributed by atoms with Crippen molar-refractivity contribution in [3.63, 3.8) is 0 Å². The minimum atomic E-state index is -0.944. The smallest absolute Gasteiger partial charge is 0.339 e. The van der Waals surface area contributed by atoms with E-state index >= 15 is 0 Å². The Hall–Kier alpha value is -4.62. The standard InChI is InChI=1S/C38H31ClN2O5/c1-2-6-32(35(42)21-7-4-3-5-8-21)46-38(45)29-19-31(40-30-16-11-22(39)17-28(29)30)20-9-12-23(13-10-20)41-36(43)33-24-14-15-25(27-18-26(24)27)34(33)37(41)44/h3-5,7-17,19,24-27,32-34H,2,6,18H2,1H3. The van der Waals surface area contributed by atoms with Crippen LogP contribution in [0.15, 0.2) is 91.0 Å². The van der Waals surface area contributed by atoms with E-state index in [0.29, 0.717) is 63.1 Å². The summed E-state index contributed by atoms with van der Waals surface area (Å²) in [6.07, 6.45) is 5.54. The number of benzene rings is 3. The van der Waals surface area contributed by atoms with Crippen LogP contribution in [0, 0.1) is 35.5 Å². The monoisotopic (exact) mass is 630 g/mol. The molecule has 7 atom stereocenters. The molecule has 2 amide bonds. The fourth-order valence-corrected chi connectivity index (χ4v) is 8.17. The first kappa shape index (κ1) is 28.8. The van der Waals surface area contributed by atoms with Crippen molar-refractivity contribution in [1.82, 2.24) is 4.98 Å². The molecule has 8 heteroatoms. The Morgan fingerprint density at radius 3 is 2.24 bits per heavy atom. The van der Waals surface area contributed by atoms with Crippen LogP contribution in [-0.4, -0.2) is 34.7 Å². The van der Waals surface area contributed by atoms with E-state index in [9.17, 15) is 19.2 Å². The molecule has 1 aliphatic heterocycles. The van der Waals surface area contributed by atoms with E-state index in [2.05, 4.69) is 12.2 Å². The predicted molar refractivity (Wildman–Crippen MR) is 174 cm³/mol. The normalized spacial score (nSPS) is 26.2. The quantitative estimate of drug-likeness (QED) is 0.0876. The van der Waals surface area contributed by atoms with Gasteiger partial charge in [0, 0.05) is 21.5 Å². The zero-order chi connectivity index (χ0) is 31.7. The van der Waals surface area contributed by atoms with Crippen LogP contribution in [0.2, 0.25) is 5.02 Å². The van der Waals surface area contributed by atoms with Gasteiger partial charge in [-0.05, 0) is 72.9 Å². The van der Waals surface area contributed by atoms with Crippen LogP contribution in [-0.2, 0) is 14.3 Å². The molecule has 0 radical (unpaired) electrons. The van der Waals surface area contributed by atoms with E-state index in [1.807, 2.05) is 13.0 Å². The third-order valence-electron chi connectivity index (χ3n) is 10.2. The van der Waals surface area contributed by atoms with Crippen LogP contribution in [0.5, 0.6) is 0 Å². The Morgan fingerprint density at radius 2 is 1.59 bits per heavy atom. The van der Waals surface area contributed by atoms with Crippen molar-refractivity contribution in [2.24, 2.45) is 35.5 Å². The maximum absolute atomic E-state index is 13.8. The van der Waals surface area contributed by atoms with Crippen molar-refractivity contribution in [3.05, 3.63) is 107 Å². The van der Waals surface area contributed by atoms with Crippen molar-refractivity contribution in [2.45, 2.75) is 32.3 Å². The molecule has 4 aliphatic carbocycles. The van der Waals surface area contributed by atoms with Crippen LogP contribution < -0.4 is 4.90 Å². The molecule has 4 aromatic rings. The molecule has 7 nitrogen and oxygen atoms in total. The highest BCUT2D eigenvalue weighted by molar-refractivity contribution is 6.31. The number of fused-ring (bicyclic) bond motifs is 1. The molecule has 9 rings (SSSR count). The third-order valence-corrected chi connectivity index (χ3v) is 10.5. The zero-order valence-corrected chi connectivity index (χ0v) is 25.9. The van der Waals surface area contributed by atoms with E-state index < -0.39 is 12.1 Å². The highest BCUT2D eigenvalue weighted by Gasteiger charge is 2.67. The fraction of sp³-hybridized carbons (Fsp3) is 0.289. The Bertz CT molecular complexity index is 1920. The second kappa shape index (κ2) is 11.0. The van der Waals surface area contributed by atoms with E-state index in [1.54, 1.807) is 72.8 Å². The van der Waals surface area contributed by atoms with Gasteiger partial charge < -0.3 is 4.74 Å². The van der Waals surface area contributed by atoms with Crippen LogP contribution in [0.1, 0.15) is 46.9 Å². The third kappa shape index (κ3) is 4.59. The average Bonchev–Trinajstić information content (AvgIpc) is 3.86. The molecule has 5 aliphatic rings. The molecular weight excluding hydrogens is 600 g/mol. The van der Waals surface area contributed by atoms with E-state index in [-0.39, 0.29) is 46.8 Å². The topological polar surface area (TPSA) is 93.6 Å². The lowest BCUT2D eigenvalue weighted by Crippen LogP contribution is -2.40. The van der Waals surface area contributed by atoms with Crippen LogP contribution in [0.25, 0.3) is 22.2 Å². The number of amides is 2. The highest BCUT2D eigenvalue weighted by atomic mass is 35.5. The van der Waals surface area contributed by atoms with Crippen LogP contribution in [0.3, 0.4) is 0 Å². The SMILES string of the molecule is CCCC(OC(=O)c1cc(-c2ccc(N3C(=O)C4C5C=CC(C6CC56)C4C3=O)cc2)nc2ccc(Cl)cc12)C(=O)c1ccccc1. The minimum Gasteiger partial charge on any atom is -0.450 e. The summed E-state index contributed by atoms with van der Waals surface area (Å²) >= 11 is 6.32. The lowest BCUT2D eigenvalue weighted by molar-refractivity contribution is -0.124. The predicted octanol–water partition coefficient (Wildman–Crippen LogP) is 7.32. The van der Waals surface area contributed by atoms with E-state index in [4.69, 9.17) is 21.3 Å². The summed E-state index contributed by atoms with van der Waals surface area (Å²) in [5.41, 5.74) is 2.99. The van der Waals surface area contributed by atoms with Gasteiger partial charge in [0.15, 0.2) is 6.10 Å². The number of ketones is 1. The molecule has 0 N–H and O–H groups in total. The van der Waals surface area contributed by atoms with Gasteiger partial charge in [0.25, 0.3) is 0 Å². The molecule has 3 fully saturated rings. The van der Waals surface area contributed by atoms with Gasteiger partial charge >= 0.3 is 5.97 Å². The number of ether oxygens (including phenoxy) is 1. The highest BCUT2D eigenvalue weighted by Crippen LogP contribution is 2.65. The average molecular weight is 631 g/mol. The molecule has 2 bridgehead atoms. The molecule has 1 aromatic heterocycles. The van der Waals surface area contributed by atoms with Crippen LogP contribution in [0.4, 0.5) is 5.69 Å². The number of hydrogen-bond donors (Lipinski definition) is 0. The van der Waals surface area contributed by atoms with E-state index in [1.165, 1.54) is 4.90 Å². The fourth-order valence-electron chi connectivity index (χ4n) is 7.99. The lowest BCUT2D eigenvalue weighted by atomic mass is 9.63. The summed E-state index contributed by atoms with van der Waals surface area (Å²) < 4.78 is 5.88. The zero-order valence-electron chi connectivity index (χ0n) is 25.1. The van der Waals surface area contributed by atoms with Crippen molar-refractivity contribution in [1.29, 1.82) is 0 Å². The Morgan fingerprint density at radius 1 is 0.913 bits per heavy atom. The summed E-state index contributed by atoms with van der Waals surface area (Å²) in [6.45, 7) is 1.93. The second-order valence-electron chi connectivity index (χ2n) is 12.8. The Labute approximate surface area is 271 Å². The molecule has 230 valence electrons. The number of imide groups is 1. The second-order valence-corrected chi connectivity index (χ2v) is 13.3. The number of esters is 1. The summed E-state index contributed by atoms with van der Waals surface area (Å²) in [5.74, 6) is -0.241. The minimum absolute atomic E-state index is 0.107. The van der Waals surface area contributed by atoms with Crippen molar-refractivity contribution in [2.75, 3.05) is 4.90 Å². The van der Waals surface area contributed by atoms with Crippen molar-refractivity contribution < 1.29 is 23.9 Å². The van der Waals surface area contributed by atoms with Crippen molar-refractivity contribution >= 4 is 51.8 Å². The number of Topliss-reactive ketones (excluding diaryl/α,β-unsaturated/α-hetero) is 1. The van der Waals surface area contributed by atoms with Crippen molar-refractivity contribution in [3.8, 4) is 11.3 Å². The van der Waals surface area contributed by atoms with Gasteiger partial charge in [-0.15, -0.1) is 0 Å². The number of allylic oxidation sites excluding steroid dienone is 2. The number of hydrogen-bond acceptors (Lipinski definition) is 6. The van der Waals surface area contributed by atoms with E-state index in [0.717, 1.165) is 6.42 Å². The van der Waals surface area contributed by atoms with Gasteiger partial charge in [-0.1, -0.05) is 79.6 Å². The van der Waals surface area contributed by atoms with Gasteiger partial charge in [-0.2, -0.15) is 0 Å². The van der Waals surface area contributed by atoms with Gasteiger partial charge in [0.2, 0.25) is 17.6 Å². The number of pyridine rings is 1. The van der Waals surface area contributed by atoms with Gasteiger partial charge in [-0.25, -0.2) is 9.78 Å². The molecule has 2 heterocycles. The molecular formula is C38H31ClN2O5. The number of nitrogens with zero attached hydrogens (tertiary/aromatic N) is 2. The Kier molecular flexibility index (Phi) is 6.91. The number of carbonyl (C=O) groups excluding carboxylic acids is 4. The number of carbonyl (C=O) groups is 4. The number of anilines is 1. The molecule has 2 saturated carbocycles. The summed E-state index contributed by atoms with van der Waals surface area (Å²) in [5, 5.41) is 0.949. The molecule has 46 heavy (non-hydrogen) atoms. The number of rotatable bonds is 8. The maximum atomic E-state index is 13.8. The number of aromatic nitrogens is 1. The summed E-state index contributed by atoms with van der Waals surface area (Å²) in [7, 11) is 0. The van der Waals surface area contributed by atoms with Crippen LogP contribution >= 0.6 is 11.6 Å². The molecule has 1 saturated heterocycles. The lowest BCUT2D eigenvalue weighted by Gasteiger charge is -2.37. The van der Waals surface area contributed by atoms with Gasteiger partial charge in [0.05, 0.1) is 34.3 Å². The summed E-state index contributed by atoms with van der Waals surface area (Å²) in [6, 6.07) is 22.7. The van der Waals surface area contributed by atoms with Gasteiger partial charge in [-0.3, -0.25) is 19.3 Å².